The van der Waals surface area contributed by atoms with Gasteiger partial charge in [0.15, 0.2) is 0 Å². The number of aromatic amines is 1. The van der Waals surface area contributed by atoms with E-state index in [0.29, 0.717) is 6.04 Å². The van der Waals surface area contributed by atoms with Gasteiger partial charge in [-0.2, -0.15) is 0 Å². The summed E-state index contributed by atoms with van der Waals surface area (Å²) in [6.45, 7) is 3.04. The van der Waals surface area contributed by atoms with E-state index in [0.717, 1.165) is 31.6 Å². The maximum Gasteiger partial charge on any atom is 0.123 e. The number of unbranched alkanes of at least 4 members (excludes halogenated alkanes) is 1. The number of hydrogen-bond donors (Lipinski definition) is 2. The molecule has 2 N–H and O–H groups in total. The molecule has 3 nitrogen and oxygen atoms in total. The van der Waals surface area contributed by atoms with Crippen LogP contribution in [0, 0.1) is 12.3 Å². The number of nitrogens with zero attached hydrogens (tertiary/aromatic N) is 1. The molecule has 0 aromatic carbocycles. The molecule has 1 rings (SSSR count). The Hall–Kier alpha value is -1.27. The van der Waals surface area contributed by atoms with Crippen LogP contribution in [-0.2, 0) is 0 Å². The van der Waals surface area contributed by atoms with Crippen LogP contribution >= 0.6 is 0 Å². The van der Waals surface area contributed by atoms with E-state index in [1.807, 2.05) is 6.20 Å². The van der Waals surface area contributed by atoms with Crippen molar-refractivity contribution < 1.29 is 0 Å². The average Bonchev–Trinajstić information content (AvgIpc) is 2.70. The highest BCUT2D eigenvalue weighted by Gasteiger charge is 2.11. The molecule has 76 valence electrons. The molecule has 0 aliphatic rings. The maximum atomic E-state index is 5.21. The number of H-pyrrole nitrogens is 1. The summed E-state index contributed by atoms with van der Waals surface area (Å²) in [7, 11) is 0. The van der Waals surface area contributed by atoms with Gasteiger partial charge >= 0.3 is 0 Å². The SMILES string of the molecule is C#CCCCC(NCC)c1ncc[nH]1. The third kappa shape index (κ3) is 3.23. The van der Waals surface area contributed by atoms with Crippen LogP contribution in [0.3, 0.4) is 0 Å². The first-order chi connectivity index (χ1) is 6.88. The minimum atomic E-state index is 0.309. The summed E-state index contributed by atoms with van der Waals surface area (Å²) in [6.07, 6.45) is 11.7. The summed E-state index contributed by atoms with van der Waals surface area (Å²) in [4.78, 5) is 7.37. The Kier molecular flexibility index (Phi) is 4.81. The topological polar surface area (TPSA) is 40.7 Å². The molecular weight excluding hydrogens is 174 g/mol. The van der Waals surface area contributed by atoms with E-state index < -0.39 is 0 Å². The zero-order valence-corrected chi connectivity index (χ0v) is 8.59. The van der Waals surface area contributed by atoms with E-state index in [4.69, 9.17) is 6.42 Å². The van der Waals surface area contributed by atoms with Crippen molar-refractivity contribution in [2.24, 2.45) is 0 Å². The van der Waals surface area contributed by atoms with Crippen LogP contribution in [0.25, 0.3) is 0 Å². The van der Waals surface area contributed by atoms with Gasteiger partial charge in [-0.3, -0.25) is 0 Å². The zero-order chi connectivity index (χ0) is 10.2. The lowest BCUT2D eigenvalue weighted by atomic mass is 10.1. The van der Waals surface area contributed by atoms with Gasteiger partial charge in [0.05, 0.1) is 6.04 Å². The highest BCUT2D eigenvalue weighted by atomic mass is 15.0. The summed E-state index contributed by atoms with van der Waals surface area (Å²) >= 11 is 0. The quantitative estimate of drug-likeness (QED) is 0.532. The third-order valence-electron chi connectivity index (χ3n) is 2.11. The van der Waals surface area contributed by atoms with Gasteiger partial charge in [-0.15, -0.1) is 12.3 Å². The van der Waals surface area contributed by atoms with Gasteiger partial charge in [0.1, 0.15) is 5.82 Å². The summed E-state index contributed by atoms with van der Waals surface area (Å²) in [5.41, 5.74) is 0. The number of hydrogen-bond acceptors (Lipinski definition) is 2. The van der Waals surface area contributed by atoms with E-state index in [2.05, 4.69) is 28.1 Å². The Morgan fingerprint density at radius 3 is 3.14 bits per heavy atom. The molecule has 0 saturated heterocycles. The Balaban J connectivity index is 2.44. The van der Waals surface area contributed by atoms with Gasteiger partial charge in [0, 0.05) is 18.8 Å². The minimum absolute atomic E-state index is 0.309. The van der Waals surface area contributed by atoms with Crippen LogP contribution in [0.1, 0.15) is 38.1 Å². The number of rotatable bonds is 6. The monoisotopic (exact) mass is 191 g/mol. The Bertz CT molecular complexity index is 271. The van der Waals surface area contributed by atoms with Gasteiger partial charge in [-0.25, -0.2) is 4.98 Å². The highest BCUT2D eigenvalue weighted by Crippen LogP contribution is 2.14. The van der Waals surface area contributed by atoms with Crippen LogP contribution in [0.5, 0.6) is 0 Å². The summed E-state index contributed by atoms with van der Waals surface area (Å²) in [6, 6.07) is 0.309. The highest BCUT2D eigenvalue weighted by molar-refractivity contribution is 4.96. The zero-order valence-electron chi connectivity index (χ0n) is 8.59. The molecule has 0 aliphatic carbocycles. The average molecular weight is 191 g/mol. The third-order valence-corrected chi connectivity index (χ3v) is 2.11. The van der Waals surface area contributed by atoms with Gasteiger partial charge in [-0.1, -0.05) is 6.92 Å². The molecule has 0 saturated carbocycles. The molecule has 0 fully saturated rings. The van der Waals surface area contributed by atoms with Crippen molar-refractivity contribution in [3.63, 3.8) is 0 Å². The first-order valence-corrected chi connectivity index (χ1v) is 5.04. The van der Waals surface area contributed by atoms with Crippen LogP contribution < -0.4 is 5.32 Å². The lowest BCUT2D eigenvalue weighted by molar-refractivity contribution is 0.482. The van der Waals surface area contributed by atoms with E-state index in [1.165, 1.54) is 0 Å². The van der Waals surface area contributed by atoms with Crippen LogP contribution in [-0.4, -0.2) is 16.5 Å². The number of terminal acetylenes is 1. The van der Waals surface area contributed by atoms with Gasteiger partial charge in [-0.05, 0) is 19.4 Å². The van der Waals surface area contributed by atoms with Crippen LogP contribution in [0.2, 0.25) is 0 Å². The van der Waals surface area contributed by atoms with Crippen molar-refractivity contribution in [3.8, 4) is 12.3 Å². The number of aromatic nitrogens is 2. The normalized spacial score (nSPS) is 12.3. The molecule has 1 unspecified atom stereocenters. The Morgan fingerprint density at radius 1 is 1.71 bits per heavy atom. The second-order valence-electron chi connectivity index (χ2n) is 3.18. The van der Waals surface area contributed by atoms with Gasteiger partial charge in [0.25, 0.3) is 0 Å². The fourth-order valence-corrected chi connectivity index (χ4v) is 1.46. The molecule has 0 radical (unpaired) electrons. The van der Waals surface area contributed by atoms with E-state index >= 15 is 0 Å². The number of nitrogens with one attached hydrogen (secondary N) is 2. The number of imidazole rings is 1. The van der Waals surface area contributed by atoms with E-state index in [1.54, 1.807) is 6.20 Å². The van der Waals surface area contributed by atoms with E-state index in [-0.39, 0.29) is 0 Å². The van der Waals surface area contributed by atoms with Crippen LogP contribution in [0.15, 0.2) is 12.4 Å². The largest absolute Gasteiger partial charge is 0.347 e. The predicted molar refractivity (Wildman–Crippen MR) is 57.7 cm³/mol. The van der Waals surface area contributed by atoms with Crippen molar-refractivity contribution in [2.75, 3.05) is 6.54 Å². The lowest BCUT2D eigenvalue weighted by Crippen LogP contribution is -2.21. The summed E-state index contributed by atoms with van der Waals surface area (Å²) in [5, 5.41) is 3.38. The van der Waals surface area contributed by atoms with Crippen molar-refractivity contribution in [1.82, 2.24) is 15.3 Å². The summed E-state index contributed by atoms with van der Waals surface area (Å²) in [5.74, 6) is 3.66. The lowest BCUT2D eigenvalue weighted by Gasteiger charge is -2.14. The fraction of sp³-hybridized carbons (Fsp3) is 0.545. The molecule has 0 spiro atoms. The van der Waals surface area contributed by atoms with Gasteiger partial charge < -0.3 is 10.3 Å². The second-order valence-corrected chi connectivity index (χ2v) is 3.18. The second kappa shape index (κ2) is 6.22. The molecule has 14 heavy (non-hydrogen) atoms. The smallest absolute Gasteiger partial charge is 0.123 e. The Labute approximate surface area is 85.3 Å². The predicted octanol–water partition coefficient (Wildman–Crippen LogP) is 1.86. The minimum Gasteiger partial charge on any atom is -0.347 e. The molecular formula is C11H17N3. The Morgan fingerprint density at radius 2 is 2.57 bits per heavy atom. The van der Waals surface area contributed by atoms with E-state index in [9.17, 15) is 0 Å². The van der Waals surface area contributed by atoms with Crippen LogP contribution in [0.4, 0.5) is 0 Å². The first-order valence-electron chi connectivity index (χ1n) is 5.04. The molecule has 1 heterocycles. The maximum absolute atomic E-state index is 5.21. The van der Waals surface area contributed by atoms with Crippen molar-refractivity contribution >= 4 is 0 Å². The standard InChI is InChI=1S/C11H17N3/c1-3-5-6-7-10(12-4-2)11-13-8-9-14-11/h1,8-10,12H,4-7H2,2H3,(H,13,14). The molecule has 1 aromatic heterocycles. The molecule has 0 bridgehead atoms. The van der Waals surface area contributed by atoms with Crippen molar-refractivity contribution in [2.45, 2.75) is 32.2 Å². The van der Waals surface area contributed by atoms with Crippen molar-refractivity contribution in [3.05, 3.63) is 18.2 Å². The molecule has 1 atom stereocenters. The summed E-state index contributed by atoms with van der Waals surface area (Å²) < 4.78 is 0. The molecule has 1 aromatic rings. The first kappa shape index (κ1) is 10.8. The van der Waals surface area contributed by atoms with Gasteiger partial charge in [0.2, 0.25) is 0 Å². The molecule has 0 aliphatic heterocycles. The fourth-order valence-electron chi connectivity index (χ4n) is 1.46. The van der Waals surface area contributed by atoms with Crippen molar-refractivity contribution in [1.29, 1.82) is 0 Å². The molecule has 0 amide bonds. The molecule has 3 heteroatoms.